The van der Waals surface area contributed by atoms with Gasteiger partial charge in [-0.15, -0.1) is 11.3 Å². The van der Waals surface area contributed by atoms with Crippen LogP contribution in [0.3, 0.4) is 0 Å². The van der Waals surface area contributed by atoms with E-state index in [9.17, 15) is 0 Å². The van der Waals surface area contributed by atoms with Crippen LogP contribution in [0.2, 0.25) is 0 Å². The summed E-state index contributed by atoms with van der Waals surface area (Å²) in [6.45, 7) is 6.62. The van der Waals surface area contributed by atoms with E-state index in [0.717, 1.165) is 10.5 Å². The highest BCUT2D eigenvalue weighted by Crippen LogP contribution is 2.40. The van der Waals surface area contributed by atoms with Crippen molar-refractivity contribution in [1.29, 1.82) is 0 Å². The fourth-order valence-electron chi connectivity index (χ4n) is 4.02. The molecule has 152 valence electrons. The third-order valence-electron chi connectivity index (χ3n) is 5.87. The van der Waals surface area contributed by atoms with Gasteiger partial charge in [0.2, 0.25) is 0 Å². The highest BCUT2D eigenvalue weighted by molar-refractivity contribution is 7.21. The van der Waals surface area contributed by atoms with Gasteiger partial charge >= 0.3 is 0 Å². The molecule has 31 heavy (non-hydrogen) atoms. The standard InChI is InChI=1S/C29H25NS/c1-19(2)21-13-15-22(16-14-21)24-17-26(23-10-5-4-6-11-23)28-27(18-24)31-29(30-28)25-12-8-7-9-20(25)3/h4-19H,1-3H3. The molecule has 5 rings (SSSR count). The number of benzene rings is 4. The predicted octanol–water partition coefficient (Wildman–Crippen LogP) is 8.73. The molecule has 1 nitrogen and oxygen atoms in total. The third kappa shape index (κ3) is 3.80. The molecule has 2 heteroatoms. The average Bonchev–Trinajstić information content (AvgIpc) is 3.23. The zero-order valence-corrected chi connectivity index (χ0v) is 18.9. The lowest BCUT2D eigenvalue weighted by molar-refractivity contribution is 0.867. The molecule has 0 aliphatic heterocycles. The van der Waals surface area contributed by atoms with Crippen molar-refractivity contribution in [1.82, 2.24) is 4.98 Å². The number of aryl methyl sites for hydroxylation is 1. The Hall–Kier alpha value is -3.23. The quantitative estimate of drug-likeness (QED) is 0.284. The summed E-state index contributed by atoms with van der Waals surface area (Å²) in [6.07, 6.45) is 0. The molecule has 0 amide bonds. The van der Waals surface area contributed by atoms with Crippen molar-refractivity contribution in [3.05, 3.63) is 102 Å². The van der Waals surface area contributed by atoms with Gasteiger partial charge in [-0.3, -0.25) is 0 Å². The minimum atomic E-state index is 0.537. The molecule has 0 unspecified atom stereocenters. The Kier molecular flexibility index (Phi) is 5.17. The van der Waals surface area contributed by atoms with Crippen LogP contribution in [-0.2, 0) is 0 Å². The molecular weight excluding hydrogens is 394 g/mol. The molecule has 0 saturated carbocycles. The minimum absolute atomic E-state index is 0.537. The maximum atomic E-state index is 5.11. The second kappa shape index (κ2) is 8.13. The van der Waals surface area contributed by atoms with Gasteiger partial charge in [0.15, 0.2) is 0 Å². The lowest BCUT2D eigenvalue weighted by atomic mass is 9.95. The molecule has 0 fully saturated rings. The number of thiazole rings is 1. The molecule has 0 aliphatic rings. The zero-order chi connectivity index (χ0) is 21.4. The topological polar surface area (TPSA) is 12.9 Å². The monoisotopic (exact) mass is 419 g/mol. The lowest BCUT2D eigenvalue weighted by Gasteiger charge is -2.10. The Morgan fingerprint density at radius 1 is 0.677 bits per heavy atom. The average molecular weight is 420 g/mol. The highest BCUT2D eigenvalue weighted by atomic mass is 32.1. The highest BCUT2D eigenvalue weighted by Gasteiger charge is 2.15. The first-order valence-corrected chi connectivity index (χ1v) is 11.6. The Morgan fingerprint density at radius 3 is 2.10 bits per heavy atom. The van der Waals surface area contributed by atoms with Crippen LogP contribution in [0.15, 0.2) is 91.0 Å². The fraction of sp³-hybridized carbons (Fsp3) is 0.138. The van der Waals surface area contributed by atoms with Gasteiger partial charge in [-0.25, -0.2) is 4.98 Å². The van der Waals surface area contributed by atoms with Crippen molar-refractivity contribution >= 4 is 21.6 Å². The van der Waals surface area contributed by atoms with Crippen molar-refractivity contribution in [2.24, 2.45) is 0 Å². The maximum Gasteiger partial charge on any atom is 0.124 e. The first-order chi connectivity index (χ1) is 15.1. The molecule has 0 aliphatic carbocycles. The molecule has 0 atom stereocenters. The van der Waals surface area contributed by atoms with E-state index in [1.54, 1.807) is 11.3 Å². The third-order valence-corrected chi connectivity index (χ3v) is 6.90. The van der Waals surface area contributed by atoms with Gasteiger partial charge in [0, 0.05) is 11.1 Å². The molecule has 0 saturated heterocycles. The maximum absolute atomic E-state index is 5.11. The lowest BCUT2D eigenvalue weighted by Crippen LogP contribution is -1.88. The Balaban J connectivity index is 1.72. The summed E-state index contributed by atoms with van der Waals surface area (Å²) in [4.78, 5) is 5.11. The summed E-state index contributed by atoms with van der Waals surface area (Å²) >= 11 is 1.78. The van der Waals surface area contributed by atoms with E-state index in [2.05, 4.69) is 112 Å². The summed E-state index contributed by atoms with van der Waals surface area (Å²) in [7, 11) is 0. The molecular formula is C29H25NS. The number of aromatic nitrogens is 1. The molecule has 4 aromatic carbocycles. The van der Waals surface area contributed by atoms with Gasteiger partial charge in [-0.05, 0) is 52.8 Å². The van der Waals surface area contributed by atoms with E-state index < -0.39 is 0 Å². The Labute approximate surface area is 188 Å². The summed E-state index contributed by atoms with van der Waals surface area (Å²) in [5.41, 5.74) is 9.80. The molecule has 0 spiro atoms. The van der Waals surface area contributed by atoms with E-state index >= 15 is 0 Å². The van der Waals surface area contributed by atoms with E-state index in [1.165, 1.54) is 43.6 Å². The predicted molar refractivity (Wildman–Crippen MR) is 135 cm³/mol. The van der Waals surface area contributed by atoms with Crippen LogP contribution in [0.25, 0.3) is 43.0 Å². The van der Waals surface area contributed by atoms with E-state index in [4.69, 9.17) is 4.98 Å². The largest absolute Gasteiger partial charge is 0.235 e. The van der Waals surface area contributed by atoms with Crippen LogP contribution in [0.4, 0.5) is 0 Å². The van der Waals surface area contributed by atoms with Crippen molar-refractivity contribution in [3.8, 4) is 32.8 Å². The molecule has 5 aromatic rings. The van der Waals surface area contributed by atoms with Gasteiger partial charge in [0.25, 0.3) is 0 Å². The molecule has 1 aromatic heterocycles. The van der Waals surface area contributed by atoms with Gasteiger partial charge in [0.1, 0.15) is 5.01 Å². The molecule has 0 bridgehead atoms. The fourth-order valence-corrected chi connectivity index (χ4v) is 5.14. The Bertz CT molecular complexity index is 1350. The minimum Gasteiger partial charge on any atom is -0.235 e. The second-order valence-electron chi connectivity index (χ2n) is 8.35. The number of rotatable bonds is 4. The van der Waals surface area contributed by atoms with E-state index in [-0.39, 0.29) is 0 Å². The number of hydrogen-bond donors (Lipinski definition) is 0. The zero-order valence-electron chi connectivity index (χ0n) is 18.1. The molecule has 0 N–H and O–H groups in total. The normalized spacial score (nSPS) is 11.4. The molecule has 0 radical (unpaired) electrons. The Morgan fingerprint density at radius 2 is 1.39 bits per heavy atom. The van der Waals surface area contributed by atoms with Crippen LogP contribution < -0.4 is 0 Å². The van der Waals surface area contributed by atoms with Crippen molar-refractivity contribution in [3.63, 3.8) is 0 Å². The smallest absolute Gasteiger partial charge is 0.124 e. The number of nitrogens with zero attached hydrogens (tertiary/aromatic N) is 1. The van der Waals surface area contributed by atoms with Crippen molar-refractivity contribution < 1.29 is 0 Å². The summed E-state index contributed by atoms with van der Waals surface area (Å²) < 4.78 is 1.22. The van der Waals surface area contributed by atoms with Crippen LogP contribution in [0.5, 0.6) is 0 Å². The van der Waals surface area contributed by atoms with Gasteiger partial charge in [0.05, 0.1) is 10.2 Å². The van der Waals surface area contributed by atoms with Crippen molar-refractivity contribution in [2.75, 3.05) is 0 Å². The van der Waals surface area contributed by atoms with Gasteiger partial charge in [-0.1, -0.05) is 92.7 Å². The number of hydrogen-bond acceptors (Lipinski definition) is 2. The van der Waals surface area contributed by atoms with E-state index in [1.807, 2.05) is 0 Å². The first kappa shape index (κ1) is 19.7. The van der Waals surface area contributed by atoms with Crippen LogP contribution in [0.1, 0.15) is 30.9 Å². The second-order valence-corrected chi connectivity index (χ2v) is 9.38. The SMILES string of the molecule is Cc1ccccc1-c1nc2c(-c3ccccc3)cc(-c3ccc(C(C)C)cc3)cc2s1. The molecule has 1 heterocycles. The summed E-state index contributed by atoms with van der Waals surface area (Å²) in [6, 6.07) is 32.7. The number of fused-ring (bicyclic) bond motifs is 1. The van der Waals surface area contributed by atoms with Crippen LogP contribution >= 0.6 is 11.3 Å². The van der Waals surface area contributed by atoms with E-state index in [0.29, 0.717) is 5.92 Å². The van der Waals surface area contributed by atoms with Gasteiger partial charge in [-0.2, -0.15) is 0 Å². The summed E-state index contributed by atoms with van der Waals surface area (Å²) in [5.74, 6) is 0.537. The van der Waals surface area contributed by atoms with Crippen LogP contribution in [0, 0.1) is 6.92 Å². The van der Waals surface area contributed by atoms with Crippen LogP contribution in [-0.4, -0.2) is 4.98 Å². The first-order valence-electron chi connectivity index (χ1n) is 10.8. The summed E-state index contributed by atoms with van der Waals surface area (Å²) in [5, 5.41) is 1.08. The van der Waals surface area contributed by atoms with Gasteiger partial charge < -0.3 is 0 Å². The van der Waals surface area contributed by atoms with Crippen molar-refractivity contribution in [2.45, 2.75) is 26.7 Å².